The minimum Gasteiger partial charge on any atom is -0.0852 e. The smallest absolute Gasteiger partial charge is 0.00851 e. The van der Waals surface area contributed by atoms with Gasteiger partial charge in [-0.3, -0.25) is 0 Å². The maximum atomic E-state index is 2.77. The van der Waals surface area contributed by atoms with Crippen molar-refractivity contribution >= 4 is 0 Å². The van der Waals surface area contributed by atoms with Crippen molar-refractivity contribution in [3.8, 4) is 0 Å². The first-order chi connectivity index (χ1) is 14.6. The highest BCUT2D eigenvalue weighted by Crippen LogP contribution is 2.67. The fourth-order valence-corrected chi connectivity index (χ4v) is 8.87. The summed E-state index contributed by atoms with van der Waals surface area (Å²) in [6.45, 7) is 19.9. The Balaban J connectivity index is 1.52. The van der Waals surface area contributed by atoms with E-state index in [9.17, 15) is 0 Å². The molecule has 9 atom stereocenters. The zero-order valence-electron chi connectivity index (χ0n) is 22.1. The van der Waals surface area contributed by atoms with Crippen LogP contribution in [-0.4, -0.2) is 0 Å². The SMILES string of the molecule is CC(C)C(C)/C=C/C(C)C1CCC2C3CC=C4CC(C(C)C)CCC4(C)C3CCC12C. The second-order valence-corrected chi connectivity index (χ2v) is 13.6. The molecular weight excluding hydrogens is 372 g/mol. The van der Waals surface area contributed by atoms with Crippen LogP contribution in [-0.2, 0) is 0 Å². The molecule has 3 saturated carbocycles. The molecule has 4 rings (SSSR count). The van der Waals surface area contributed by atoms with Gasteiger partial charge in [-0.15, -0.1) is 0 Å². The summed E-state index contributed by atoms with van der Waals surface area (Å²) in [6, 6.07) is 0. The zero-order chi connectivity index (χ0) is 22.6. The molecule has 3 fully saturated rings. The van der Waals surface area contributed by atoms with Gasteiger partial charge in [0.15, 0.2) is 0 Å². The van der Waals surface area contributed by atoms with Crippen LogP contribution < -0.4 is 0 Å². The standard InChI is InChI=1S/C31H52/c1-20(2)22(5)9-10-23(6)27-13-14-28-26-12-11-25-19-24(21(3)4)15-17-30(25,7)29(26)16-18-31(27,28)8/h9-11,20-24,26-29H,12-19H2,1-8H3/b10-9+. The summed E-state index contributed by atoms with van der Waals surface area (Å²) in [5.74, 6) is 7.74. The molecule has 0 amide bonds. The van der Waals surface area contributed by atoms with Crippen molar-refractivity contribution in [3.63, 3.8) is 0 Å². The molecule has 0 heterocycles. The van der Waals surface area contributed by atoms with Gasteiger partial charge >= 0.3 is 0 Å². The molecule has 31 heavy (non-hydrogen) atoms. The number of hydrogen-bond acceptors (Lipinski definition) is 0. The van der Waals surface area contributed by atoms with Crippen molar-refractivity contribution in [1.82, 2.24) is 0 Å². The van der Waals surface area contributed by atoms with Gasteiger partial charge in [0.05, 0.1) is 0 Å². The normalized spacial score (nSPS) is 44.7. The summed E-state index contributed by atoms with van der Waals surface area (Å²) >= 11 is 0. The second-order valence-electron chi connectivity index (χ2n) is 13.6. The summed E-state index contributed by atoms with van der Waals surface area (Å²) < 4.78 is 0. The number of allylic oxidation sites excluding steroid dienone is 4. The molecule has 0 aliphatic heterocycles. The van der Waals surface area contributed by atoms with Gasteiger partial charge in [0.1, 0.15) is 0 Å². The Morgan fingerprint density at radius 3 is 2.29 bits per heavy atom. The van der Waals surface area contributed by atoms with E-state index in [4.69, 9.17) is 0 Å². The minimum atomic E-state index is 0.520. The molecule has 176 valence electrons. The molecule has 4 aliphatic rings. The van der Waals surface area contributed by atoms with Crippen molar-refractivity contribution in [2.24, 2.45) is 64.1 Å². The van der Waals surface area contributed by atoms with E-state index in [1.807, 2.05) is 5.57 Å². The first-order valence-corrected chi connectivity index (χ1v) is 14.0. The fraction of sp³-hybridized carbons (Fsp3) is 0.871. The molecule has 0 aromatic carbocycles. The Morgan fingerprint density at radius 1 is 0.871 bits per heavy atom. The Bertz CT molecular complexity index is 695. The predicted octanol–water partition coefficient (Wildman–Crippen LogP) is 9.32. The van der Waals surface area contributed by atoms with E-state index in [1.165, 1.54) is 51.4 Å². The van der Waals surface area contributed by atoms with Crippen molar-refractivity contribution < 1.29 is 0 Å². The van der Waals surface area contributed by atoms with E-state index in [2.05, 4.69) is 73.6 Å². The van der Waals surface area contributed by atoms with E-state index in [-0.39, 0.29) is 0 Å². The second kappa shape index (κ2) is 8.68. The van der Waals surface area contributed by atoms with Gasteiger partial charge in [-0.05, 0) is 115 Å². The van der Waals surface area contributed by atoms with Crippen LogP contribution in [0.1, 0.15) is 107 Å². The third-order valence-corrected chi connectivity index (χ3v) is 11.6. The molecule has 4 aliphatic carbocycles. The Kier molecular flexibility index (Phi) is 6.62. The molecule has 0 N–H and O–H groups in total. The van der Waals surface area contributed by atoms with Gasteiger partial charge in [0, 0.05) is 0 Å². The average molecular weight is 425 g/mol. The van der Waals surface area contributed by atoms with Gasteiger partial charge in [-0.2, -0.15) is 0 Å². The summed E-state index contributed by atoms with van der Waals surface area (Å²) in [5, 5.41) is 0. The molecular formula is C31H52. The molecule has 0 aromatic heterocycles. The van der Waals surface area contributed by atoms with Crippen molar-refractivity contribution in [3.05, 3.63) is 23.8 Å². The van der Waals surface area contributed by atoms with E-state index in [0.717, 1.165) is 47.3 Å². The van der Waals surface area contributed by atoms with Crippen molar-refractivity contribution in [2.75, 3.05) is 0 Å². The largest absolute Gasteiger partial charge is 0.0852 e. The maximum absolute atomic E-state index is 2.77. The van der Waals surface area contributed by atoms with Crippen LogP contribution in [0, 0.1) is 64.1 Å². The highest BCUT2D eigenvalue weighted by atomic mass is 14.6. The summed E-state index contributed by atoms with van der Waals surface area (Å²) in [7, 11) is 0. The molecule has 0 aromatic rings. The molecule has 0 nitrogen and oxygen atoms in total. The topological polar surface area (TPSA) is 0 Å². The van der Waals surface area contributed by atoms with Gasteiger partial charge in [0.25, 0.3) is 0 Å². The van der Waals surface area contributed by atoms with Crippen LogP contribution in [0.5, 0.6) is 0 Å². The quantitative estimate of drug-likeness (QED) is 0.386. The molecule has 0 saturated heterocycles. The third kappa shape index (κ3) is 4.01. The molecule has 0 spiro atoms. The van der Waals surface area contributed by atoms with Gasteiger partial charge < -0.3 is 0 Å². The summed E-state index contributed by atoms with van der Waals surface area (Å²) in [4.78, 5) is 0. The van der Waals surface area contributed by atoms with Crippen LogP contribution in [0.4, 0.5) is 0 Å². The highest BCUT2D eigenvalue weighted by Gasteiger charge is 2.59. The van der Waals surface area contributed by atoms with E-state index in [1.54, 1.807) is 0 Å². The van der Waals surface area contributed by atoms with Crippen molar-refractivity contribution in [1.29, 1.82) is 0 Å². The highest BCUT2D eigenvalue weighted by molar-refractivity contribution is 5.25. The van der Waals surface area contributed by atoms with Gasteiger partial charge in [-0.25, -0.2) is 0 Å². The Morgan fingerprint density at radius 2 is 1.61 bits per heavy atom. The van der Waals surface area contributed by atoms with Crippen LogP contribution in [0.15, 0.2) is 23.8 Å². The molecule has 0 heteroatoms. The van der Waals surface area contributed by atoms with Crippen molar-refractivity contribution in [2.45, 2.75) is 107 Å². The first-order valence-electron chi connectivity index (χ1n) is 14.0. The van der Waals surface area contributed by atoms with Crippen LogP contribution >= 0.6 is 0 Å². The minimum absolute atomic E-state index is 0.520. The lowest BCUT2D eigenvalue weighted by Gasteiger charge is -2.58. The first kappa shape index (κ1) is 23.6. The lowest BCUT2D eigenvalue weighted by Crippen LogP contribution is -2.50. The van der Waals surface area contributed by atoms with E-state index in [0.29, 0.717) is 16.7 Å². The van der Waals surface area contributed by atoms with E-state index >= 15 is 0 Å². The molecule has 0 bridgehead atoms. The maximum Gasteiger partial charge on any atom is -0.00851 e. The van der Waals surface area contributed by atoms with Crippen LogP contribution in [0.25, 0.3) is 0 Å². The monoisotopic (exact) mass is 424 g/mol. The lowest BCUT2D eigenvalue weighted by atomic mass is 9.46. The predicted molar refractivity (Wildman–Crippen MR) is 136 cm³/mol. The number of rotatable bonds is 5. The molecule has 9 unspecified atom stereocenters. The Hall–Kier alpha value is -0.520. The molecule has 0 radical (unpaired) electrons. The lowest BCUT2D eigenvalue weighted by molar-refractivity contribution is -0.0503. The van der Waals surface area contributed by atoms with E-state index < -0.39 is 0 Å². The third-order valence-electron chi connectivity index (χ3n) is 11.6. The Labute approximate surface area is 194 Å². The number of hydrogen-bond donors (Lipinski definition) is 0. The van der Waals surface area contributed by atoms with Gasteiger partial charge in [0.2, 0.25) is 0 Å². The van der Waals surface area contributed by atoms with Crippen LogP contribution in [0.3, 0.4) is 0 Å². The van der Waals surface area contributed by atoms with Gasteiger partial charge in [-0.1, -0.05) is 79.2 Å². The van der Waals surface area contributed by atoms with Crippen LogP contribution in [0.2, 0.25) is 0 Å². The zero-order valence-corrected chi connectivity index (χ0v) is 22.1. The fourth-order valence-electron chi connectivity index (χ4n) is 8.87. The summed E-state index contributed by atoms with van der Waals surface area (Å²) in [5.41, 5.74) is 2.96. The number of fused-ring (bicyclic) bond motifs is 5. The summed E-state index contributed by atoms with van der Waals surface area (Å²) in [6.07, 6.45) is 19.6. The average Bonchev–Trinajstić information content (AvgIpc) is 3.08.